The van der Waals surface area contributed by atoms with Crippen LogP contribution in [0.2, 0.25) is 0 Å². The number of rotatable bonds is 7. The van der Waals surface area contributed by atoms with E-state index in [2.05, 4.69) is 19.6 Å². The van der Waals surface area contributed by atoms with Gasteiger partial charge in [-0.1, -0.05) is 18.6 Å². The largest absolute Gasteiger partial charge is 0.341 e. The van der Waals surface area contributed by atoms with Crippen molar-refractivity contribution in [2.75, 3.05) is 27.2 Å². The number of nitrogens with one attached hydrogen (secondary N) is 2. The van der Waals surface area contributed by atoms with Crippen LogP contribution in [0.4, 0.5) is 0 Å². The molecule has 0 aliphatic carbocycles. The van der Waals surface area contributed by atoms with Crippen LogP contribution in [0.15, 0.2) is 24.3 Å². The van der Waals surface area contributed by atoms with Crippen LogP contribution in [0.3, 0.4) is 0 Å². The molecular weight excluding hydrogens is 338 g/mol. The molecular formula is C17H27N5O2S. The molecule has 2 heterocycles. The van der Waals surface area contributed by atoms with Crippen LogP contribution in [-0.2, 0) is 16.8 Å². The molecule has 0 saturated carbocycles. The molecule has 0 radical (unpaired) electrons. The second-order valence-electron chi connectivity index (χ2n) is 6.79. The van der Waals surface area contributed by atoms with E-state index in [0.29, 0.717) is 12.6 Å². The fraction of sp³-hybridized carbons (Fsp3) is 0.588. The Hall–Kier alpha value is -1.48. The molecule has 1 aliphatic rings. The van der Waals surface area contributed by atoms with Gasteiger partial charge in [-0.3, -0.25) is 4.90 Å². The van der Waals surface area contributed by atoms with E-state index < -0.39 is 10.2 Å². The number of imidazole rings is 1. The smallest absolute Gasteiger partial charge is 0.278 e. The van der Waals surface area contributed by atoms with Gasteiger partial charge in [-0.15, -0.1) is 0 Å². The number of piperidine rings is 1. The molecule has 1 atom stereocenters. The van der Waals surface area contributed by atoms with E-state index in [0.717, 1.165) is 42.8 Å². The Balaban J connectivity index is 1.60. The predicted octanol–water partition coefficient (Wildman–Crippen LogP) is 1.70. The summed E-state index contributed by atoms with van der Waals surface area (Å²) in [5.74, 6) is 0.974. The van der Waals surface area contributed by atoms with Gasteiger partial charge in [0.05, 0.1) is 17.6 Å². The lowest BCUT2D eigenvalue weighted by atomic mass is 9.99. The summed E-state index contributed by atoms with van der Waals surface area (Å²) in [7, 11) is -0.269. The summed E-state index contributed by atoms with van der Waals surface area (Å²) >= 11 is 0. The molecule has 138 valence electrons. The van der Waals surface area contributed by atoms with Gasteiger partial charge in [-0.25, -0.2) is 9.71 Å². The molecule has 1 aromatic heterocycles. The van der Waals surface area contributed by atoms with Gasteiger partial charge in [0, 0.05) is 26.7 Å². The van der Waals surface area contributed by atoms with Crippen molar-refractivity contribution in [3.63, 3.8) is 0 Å². The summed E-state index contributed by atoms with van der Waals surface area (Å²) in [4.78, 5) is 10.5. The highest BCUT2D eigenvalue weighted by molar-refractivity contribution is 7.87. The summed E-state index contributed by atoms with van der Waals surface area (Å²) < 4.78 is 27.5. The summed E-state index contributed by atoms with van der Waals surface area (Å²) in [5, 5.41) is 0. The fourth-order valence-electron chi connectivity index (χ4n) is 3.35. The van der Waals surface area contributed by atoms with Crippen molar-refractivity contribution in [3.8, 4) is 0 Å². The normalized spacial score (nSPS) is 19.7. The minimum absolute atomic E-state index is 0.381. The second-order valence-corrected chi connectivity index (χ2v) is 8.76. The Labute approximate surface area is 149 Å². The van der Waals surface area contributed by atoms with E-state index in [1.54, 1.807) is 0 Å². The number of fused-ring (bicyclic) bond motifs is 1. The zero-order valence-electron chi connectivity index (χ0n) is 14.9. The first kappa shape index (κ1) is 18.3. The van der Waals surface area contributed by atoms with Gasteiger partial charge in [0.15, 0.2) is 0 Å². The number of aromatic nitrogens is 2. The van der Waals surface area contributed by atoms with Gasteiger partial charge < -0.3 is 4.98 Å². The average molecular weight is 366 g/mol. The van der Waals surface area contributed by atoms with E-state index in [4.69, 9.17) is 0 Å². The first-order chi connectivity index (χ1) is 12.0. The van der Waals surface area contributed by atoms with Gasteiger partial charge in [-0.05, 0) is 37.9 Å². The van der Waals surface area contributed by atoms with Crippen LogP contribution in [-0.4, -0.2) is 60.8 Å². The molecule has 25 heavy (non-hydrogen) atoms. The van der Waals surface area contributed by atoms with Crippen molar-refractivity contribution in [2.45, 2.75) is 38.3 Å². The lowest BCUT2D eigenvalue weighted by Gasteiger charge is -2.35. The number of aromatic amines is 1. The van der Waals surface area contributed by atoms with Crippen molar-refractivity contribution in [1.29, 1.82) is 0 Å². The van der Waals surface area contributed by atoms with Gasteiger partial charge in [0.2, 0.25) is 0 Å². The van der Waals surface area contributed by atoms with E-state index in [-0.39, 0.29) is 0 Å². The summed E-state index contributed by atoms with van der Waals surface area (Å²) in [6.45, 7) is 2.27. The lowest BCUT2D eigenvalue weighted by Crippen LogP contribution is -2.42. The van der Waals surface area contributed by atoms with Crippen LogP contribution in [0.5, 0.6) is 0 Å². The van der Waals surface area contributed by atoms with Gasteiger partial charge in [-0.2, -0.15) is 12.7 Å². The number of nitrogens with zero attached hydrogens (tertiary/aromatic N) is 3. The minimum atomic E-state index is -3.35. The number of para-hydroxylation sites is 2. The van der Waals surface area contributed by atoms with Crippen molar-refractivity contribution < 1.29 is 8.42 Å². The molecule has 7 nitrogen and oxygen atoms in total. The Morgan fingerprint density at radius 2 is 2.12 bits per heavy atom. The van der Waals surface area contributed by atoms with Crippen molar-refractivity contribution in [1.82, 2.24) is 23.9 Å². The first-order valence-corrected chi connectivity index (χ1v) is 10.2. The Kier molecular flexibility index (Phi) is 5.73. The van der Waals surface area contributed by atoms with E-state index in [1.807, 2.05) is 24.3 Å². The quantitative estimate of drug-likeness (QED) is 0.783. The second kappa shape index (κ2) is 7.82. The highest BCUT2D eigenvalue weighted by Crippen LogP contribution is 2.22. The van der Waals surface area contributed by atoms with E-state index >= 15 is 0 Å². The molecule has 1 fully saturated rings. The zero-order valence-corrected chi connectivity index (χ0v) is 15.7. The molecule has 0 spiro atoms. The maximum absolute atomic E-state index is 11.8. The zero-order chi connectivity index (χ0) is 17.9. The maximum Gasteiger partial charge on any atom is 0.278 e. The number of H-pyrrole nitrogens is 1. The molecule has 2 N–H and O–H groups in total. The average Bonchev–Trinajstić information content (AvgIpc) is 2.98. The van der Waals surface area contributed by atoms with Crippen LogP contribution >= 0.6 is 0 Å². The van der Waals surface area contributed by atoms with Crippen molar-refractivity contribution in [2.24, 2.45) is 0 Å². The molecule has 0 unspecified atom stereocenters. The lowest BCUT2D eigenvalue weighted by molar-refractivity contribution is 0.130. The maximum atomic E-state index is 11.8. The molecule has 8 heteroatoms. The molecule has 0 bridgehead atoms. The first-order valence-electron chi connectivity index (χ1n) is 8.80. The van der Waals surface area contributed by atoms with Crippen LogP contribution < -0.4 is 4.72 Å². The number of benzene rings is 1. The number of likely N-dealkylation sites (tertiary alicyclic amines) is 1. The standard InChI is InChI=1S/C17H27N5O2S/c1-21(2)25(23,24)18-11-10-14-7-5-6-12-22(14)13-17-19-15-8-3-4-9-16(15)20-17/h3-4,8-9,14,18H,5-7,10-13H2,1-2H3,(H,19,20)/t14-/m1/s1. The third kappa shape index (κ3) is 4.58. The third-order valence-electron chi connectivity index (χ3n) is 4.78. The summed E-state index contributed by atoms with van der Waals surface area (Å²) in [6.07, 6.45) is 4.29. The van der Waals surface area contributed by atoms with Crippen LogP contribution in [0.1, 0.15) is 31.5 Å². The Morgan fingerprint density at radius 3 is 2.88 bits per heavy atom. The molecule has 0 amide bonds. The molecule has 2 aromatic rings. The third-order valence-corrected chi connectivity index (χ3v) is 6.31. The van der Waals surface area contributed by atoms with Crippen LogP contribution in [0.25, 0.3) is 11.0 Å². The number of hydrogen-bond donors (Lipinski definition) is 2. The fourth-order valence-corrected chi connectivity index (χ4v) is 3.99. The molecule has 3 rings (SSSR count). The minimum Gasteiger partial charge on any atom is -0.341 e. The van der Waals surface area contributed by atoms with Crippen molar-refractivity contribution >= 4 is 21.2 Å². The Bertz CT molecular complexity index is 769. The monoisotopic (exact) mass is 365 g/mol. The highest BCUT2D eigenvalue weighted by atomic mass is 32.2. The Morgan fingerprint density at radius 1 is 1.32 bits per heavy atom. The van der Waals surface area contributed by atoms with Gasteiger partial charge >= 0.3 is 0 Å². The predicted molar refractivity (Wildman–Crippen MR) is 99.4 cm³/mol. The number of hydrogen-bond acceptors (Lipinski definition) is 4. The molecule has 1 aromatic carbocycles. The highest BCUT2D eigenvalue weighted by Gasteiger charge is 2.24. The molecule has 1 aliphatic heterocycles. The van der Waals surface area contributed by atoms with E-state index in [1.165, 1.54) is 31.2 Å². The van der Waals surface area contributed by atoms with Gasteiger partial charge in [0.25, 0.3) is 10.2 Å². The SMILES string of the molecule is CN(C)S(=O)(=O)NCC[C@H]1CCCCN1Cc1nc2ccccc2[nH]1. The molecule has 1 saturated heterocycles. The van der Waals surface area contributed by atoms with E-state index in [9.17, 15) is 8.42 Å². The summed E-state index contributed by atoms with van der Waals surface area (Å²) in [6, 6.07) is 8.43. The summed E-state index contributed by atoms with van der Waals surface area (Å²) in [5.41, 5.74) is 2.05. The van der Waals surface area contributed by atoms with Crippen molar-refractivity contribution in [3.05, 3.63) is 30.1 Å². The topological polar surface area (TPSA) is 81.3 Å². The van der Waals surface area contributed by atoms with Gasteiger partial charge in [0.1, 0.15) is 5.82 Å². The van der Waals surface area contributed by atoms with Crippen LogP contribution in [0, 0.1) is 0 Å².